The lowest BCUT2D eigenvalue weighted by atomic mass is 9.83. The first-order valence-electron chi connectivity index (χ1n) is 5.62. The predicted molar refractivity (Wildman–Crippen MR) is 58.2 cm³/mol. The molecule has 0 saturated heterocycles. The van der Waals surface area contributed by atoms with Crippen molar-refractivity contribution in [1.29, 1.82) is 0 Å². The molecule has 0 bridgehead atoms. The molecule has 0 aromatic heterocycles. The van der Waals surface area contributed by atoms with E-state index in [9.17, 15) is 4.79 Å². The molecular weight excluding hydrogens is 176 g/mol. The van der Waals surface area contributed by atoms with Gasteiger partial charge in [-0.15, -0.1) is 0 Å². The van der Waals surface area contributed by atoms with Crippen LogP contribution < -0.4 is 10.6 Å². The van der Waals surface area contributed by atoms with Crippen molar-refractivity contribution in [3.63, 3.8) is 0 Å². The van der Waals surface area contributed by atoms with Crippen LogP contribution in [0.15, 0.2) is 0 Å². The van der Waals surface area contributed by atoms with Gasteiger partial charge in [0.2, 0.25) is 5.91 Å². The molecule has 1 rings (SSSR count). The molecule has 1 aliphatic carbocycles. The van der Waals surface area contributed by atoms with Gasteiger partial charge < -0.3 is 10.6 Å². The van der Waals surface area contributed by atoms with Gasteiger partial charge >= 0.3 is 0 Å². The third-order valence-electron chi connectivity index (χ3n) is 3.00. The zero-order chi connectivity index (χ0) is 10.4. The Labute approximate surface area is 86.6 Å². The van der Waals surface area contributed by atoms with E-state index in [-0.39, 0.29) is 11.4 Å². The van der Waals surface area contributed by atoms with E-state index in [1.807, 2.05) is 7.05 Å². The molecule has 1 saturated carbocycles. The number of rotatable bonds is 4. The van der Waals surface area contributed by atoms with Gasteiger partial charge in [-0.25, -0.2) is 0 Å². The van der Waals surface area contributed by atoms with Crippen LogP contribution in [0.1, 0.15) is 45.4 Å². The molecule has 0 atom stereocenters. The molecule has 3 heteroatoms. The monoisotopic (exact) mass is 198 g/mol. The summed E-state index contributed by atoms with van der Waals surface area (Å²) in [6.45, 7) is 2.94. The number of hydrogen-bond acceptors (Lipinski definition) is 2. The van der Waals surface area contributed by atoms with Crippen molar-refractivity contribution in [1.82, 2.24) is 10.6 Å². The van der Waals surface area contributed by atoms with Crippen LogP contribution in [0.4, 0.5) is 0 Å². The van der Waals surface area contributed by atoms with E-state index in [1.165, 1.54) is 19.3 Å². The number of carbonyl (C=O) groups is 1. The molecule has 1 fully saturated rings. The average molecular weight is 198 g/mol. The van der Waals surface area contributed by atoms with Gasteiger partial charge in [0.05, 0.1) is 0 Å². The van der Waals surface area contributed by atoms with Crippen LogP contribution in [0.5, 0.6) is 0 Å². The van der Waals surface area contributed by atoms with Gasteiger partial charge in [-0.3, -0.25) is 4.79 Å². The molecule has 82 valence electrons. The zero-order valence-electron chi connectivity index (χ0n) is 9.36. The van der Waals surface area contributed by atoms with E-state index < -0.39 is 0 Å². The van der Waals surface area contributed by atoms with Crippen molar-refractivity contribution in [3.8, 4) is 0 Å². The molecule has 14 heavy (non-hydrogen) atoms. The Hall–Kier alpha value is -0.570. The summed E-state index contributed by atoms with van der Waals surface area (Å²) in [6.07, 6.45) is 6.69. The Morgan fingerprint density at radius 1 is 1.29 bits per heavy atom. The molecule has 0 radical (unpaired) electrons. The van der Waals surface area contributed by atoms with Crippen molar-refractivity contribution < 1.29 is 4.79 Å². The minimum Gasteiger partial charge on any atom is -0.351 e. The number of carbonyl (C=O) groups excluding carboxylic acids is 1. The highest BCUT2D eigenvalue weighted by molar-refractivity contribution is 5.76. The summed E-state index contributed by atoms with van der Waals surface area (Å²) >= 11 is 0. The quantitative estimate of drug-likeness (QED) is 0.717. The Morgan fingerprint density at radius 3 is 2.50 bits per heavy atom. The van der Waals surface area contributed by atoms with Crippen LogP contribution >= 0.6 is 0 Å². The maximum atomic E-state index is 11.5. The van der Waals surface area contributed by atoms with Crippen LogP contribution in [0.2, 0.25) is 0 Å². The van der Waals surface area contributed by atoms with Crippen LogP contribution in [0, 0.1) is 0 Å². The van der Waals surface area contributed by atoms with Crippen molar-refractivity contribution in [2.24, 2.45) is 0 Å². The van der Waals surface area contributed by atoms with Crippen LogP contribution in [-0.2, 0) is 4.79 Å². The van der Waals surface area contributed by atoms with Gasteiger partial charge in [0.1, 0.15) is 0 Å². The summed E-state index contributed by atoms with van der Waals surface area (Å²) in [5.41, 5.74) is 0.0725. The Morgan fingerprint density at radius 2 is 1.93 bits per heavy atom. The van der Waals surface area contributed by atoms with Crippen LogP contribution in [0.3, 0.4) is 0 Å². The summed E-state index contributed by atoms with van der Waals surface area (Å²) < 4.78 is 0. The molecule has 0 aliphatic heterocycles. The molecular formula is C11H22N2O. The third-order valence-corrected chi connectivity index (χ3v) is 3.00. The average Bonchev–Trinajstić information content (AvgIpc) is 2.15. The normalized spacial score (nSPS) is 20.4. The van der Waals surface area contributed by atoms with Gasteiger partial charge in [0.15, 0.2) is 0 Å². The zero-order valence-corrected chi connectivity index (χ0v) is 9.36. The molecule has 2 N–H and O–H groups in total. The van der Waals surface area contributed by atoms with E-state index >= 15 is 0 Å². The Balaban J connectivity index is 2.29. The van der Waals surface area contributed by atoms with E-state index in [2.05, 4.69) is 17.6 Å². The first-order valence-corrected chi connectivity index (χ1v) is 5.62. The van der Waals surface area contributed by atoms with E-state index in [0.717, 1.165) is 19.4 Å². The standard InChI is InChI=1S/C11H22N2O/c1-11(7-4-3-5-8-11)13-10(14)6-9-12-2/h12H,3-9H2,1-2H3,(H,13,14). The number of hydrogen-bond donors (Lipinski definition) is 2. The fourth-order valence-corrected chi connectivity index (χ4v) is 2.09. The molecule has 0 aromatic carbocycles. The van der Waals surface area contributed by atoms with Gasteiger partial charge in [0, 0.05) is 18.5 Å². The molecule has 0 aromatic rings. The Kier molecular flexibility index (Phi) is 4.39. The van der Waals surface area contributed by atoms with E-state index in [4.69, 9.17) is 0 Å². The second-order valence-corrected chi connectivity index (χ2v) is 4.52. The summed E-state index contributed by atoms with van der Waals surface area (Å²) in [4.78, 5) is 11.5. The largest absolute Gasteiger partial charge is 0.351 e. The summed E-state index contributed by atoms with van der Waals surface area (Å²) in [6, 6.07) is 0. The molecule has 0 unspecified atom stereocenters. The molecule has 0 heterocycles. The lowest BCUT2D eigenvalue weighted by Gasteiger charge is -2.34. The minimum absolute atomic E-state index is 0.0725. The lowest BCUT2D eigenvalue weighted by molar-refractivity contribution is -0.123. The predicted octanol–water partition coefficient (Wildman–Crippen LogP) is 1.43. The van der Waals surface area contributed by atoms with Gasteiger partial charge in [-0.05, 0) is 26.8 Å². The minimum atomic E-state index is 0.0725. The van der Waals surface area contributed by atoms with Gasteiger partial charge in [0.25, 0.3) is 0 Å². The second kappa shape index (κ2) is 5.35. The second-order valence-electron chi connectivity index (χ2n) is 4.52. The highest BCUT2D eigenvalue weighted by Crippen LogP contribution is 2.27. The highest BCUT2D eigenvalue weighted by Gasteiger charge is 2.27. The third kappa shape index (κ3) is 3.66. The summed E-state index contributed by atoms with van der Waals surface area (Å²) in [5, 5.41) is 6.14. The maximum Gasteiger partial charge on any atom is 0.221 e. The lowest BCUT2D eigenvalue weighted by Crippen LogP contribution is -2.47. The fourth-order valence-electron chi connectivity index (χ4n) is 2.09. The van der Waals surface area contributed by atoms with Crippen LogP contribution in [-0.4, -0.2) is 25.0 Å². The number of nitrogens with one attached hydrogen (secondary N) is 2. The number of amides is 1. The van der Waals surface area contributed by atoms with Gasteiger partial charge in [-0.1, -0.05) is 19.3 Å². The first kappa shape index (κ1) is 11.5. The molecule has 0 spiro atoms. The van der Waals surface area contributed by atoms with Crippen molar-refractivity contribution in [2.75, 3.05) is 13.6 Å². The van der Waals surface area contributed by atoms with E-state index in [1.54, 1.807) is 0 Å². The maximum absolute atomic E-state index is 11.5. The highest BCUT2D eigenvalue weighted by atomic mass is 16.1. The fraction of sp³-hybridized carbons (Fsp3) is 0.909. The smallest absolute Gasteiger partial charge is 0.221 e. The van der Waals surface area contributed by atoms with Crippen molar-refractivity contribution >= 4 is 5.91 Å². The SMILES string of the molecule is CNCCC(=O)NC1(C)CCCCC1. The molecule has 1 aliphatic rings. The summed E-state index contributed by atoms with van der Waals surface area (Å²) in [5.74, 6) is 0.184. The van der Waals surface area contributed by atoms with Crippen molar-refractivity contribution in [2.45, 2.75) is 51.0 Å². The topological polar surface area (TPSA) is 41.1 Å². The molecule has 1 amide bonds. The summed E-state index contributed by atoms with van der Waals surface area (Å²) in [7, 11) is 1.87. The molecule has 3 nitrogen and oxygen atoms in total. The first-order chi connectivity index (χ1) is 6.66. The van der Waals surface area contributed by atoms with Crippen LogP contribution in [0.25, 0.3) is 0 Å². The van der Waals surface area contributed by atoms with E-state index in [0.29, 0.717) is 6.42 Å². The van der Waals surface area contributed by atoms with Crippen molar-refractivity contribution in [3.05, 3.63) is 0 Å². The van der Waals surface area contributed by atoms with Gasteiger partial charge in [-0.2, -0.15) is 0 Å². The Bertz CT molecular complexity index is 186.